The fourth-order valence-electron chi connectivity index (χ4n) is 1.84. The largest absolute Gasteiger partial charge is 0.326 e. The van der Waals surface area contributed by atoms with Gasteiger partial charge in [0, 0.05) is 12.6 Å². The molecule has 7 heteroatoms. The van der Waals surface area contributed by atoms with Gasteiger partial charge in [0.05, 0.1) is 4.90 Å². The highest BCUT2D eigenvalue weighted by atomic mass is 35.5. The maximum atomic E-state index is 13.2. The zero-order valence-electron chi connectivity index (χ0n) is 10.6. The molecule has 1 aliphatic carbocycles. The number of sulfonamides is 1. The van der Waals surface area contributed by atoms with Gasteiger partial charge in [-0.3, -0.25) is 0 Å². The summed E-state index contributed by atoms with van der Waals surface area (Å²) in [6.45, 7) is 1.85. The van der Waals surface area contributed by atoms with Crippen molar-refractivity contribution in [3.05, 3.63) is 29.6 Å². The molecule has 3 N–H and O–H groups in total. The standard InChI is InChI=1S/C12H17FN2O2S.ClH/c1-8-4-10(13)6-11(5-8)18(16,17)15-7-12(14)9-2-3-9;/h4-6,9,12,15H,2-3,7,14H2,1H3;1H. The van der Waals surface area contributed by atoms with Gasteiger partial charge >= 0.3 is 0 Å². The molecule has 0 aromatic heterocycles. The van der Waals surface area contributed by atoms with Crippen LogP contribution in [0.15, 0.2) is 23.1 Å². The van der Waals surface area contributed by atoms with Gasteiger partial charge in [-0.05, 0) is 49.4 Å². The molecule has 4 nitrogen and oxygen atoms in total. The molecule has 1 fully saturated rings. The second-order valence-corrected chi connectivity index (χ2v) is 6.58. The molecule has 1 aromatic rings. The number of hydrogen-bond donors (Lipinski definition) is 2. The van der Waals surface area contributed by atoms with Crippen molar-refractivity contribution in [3.63, 3.8) is 0 Å². The normalized spacial score (nSPS) is 16.8. The summed E-state index contributed by atoms with van der Waals surface area (Å²) in [5, 5.41) is 0. The maximum Gasteiger partial charge on any atom is 0.240 e. The lowest BCUT2D eigenvalue weighted by Crippen LogP contribution is -2.38. The van der Waals surface area contributed by atoms with Crippen molar-refractivity contribution in [3.8, 4) is 0 Å². The van der Waals surface area contributed by atoms with E-state index in [1.807, 2.05) is 0 Å². The second kappa shape index (κ2) is 6.17. The second-order valence-electron chi connectivity index (χ2n) is 4.82. The predicted molar refractivity (Wildman–Crippen MR) is 74.3 cm³/mol. The topological polar surface area (TPSA) is 72.2 Å². The van der Waals surface area contributed by atoms with Crippen molar-refractivity contribution in [1.29, 1.82) is 0 Å². The van der Waals surface area contributed by atoms with Crippen molar-refractivity contribution in [2.24, 2.45) is 11.7 Å². The lowest BCUT2D eigenvalue weighted by Gasteiger charge is -2.12. The highest BCUT2D eigenvalue weighted by Crippen LogP contribution is 2.31. The molecular formula is C12H18ClFN2O2S. The van der Waals surface area contributed by atoms with Crippen LogP contribution in [0.3, 0.4) is 0 Å². The van der Waals surface area contributed by atoms with Crippen molar-refractivity contribution >= 4 is 22.4 Å². The Morgan fingerprint density at radius 2 is 2.05 bits per heavy atom. The molecular weight excluding hydrogens is 291 g/mol. The van der Waals surface area contributed by atoms with Crippen LogP contribution >= 0.6 is 12.4 Å². The fourth-order valence-corrected chi connectivity index (χ4v) is 3.03. The maximum absolute atomic E-state index is 13.2. The van der Waals surface area contributed by atoms with E-state index in [-0.39, 0.29) is 29.9 Å². The Balaban J connectivity index is 0.00000180. The summed E-state index contributed by atoms with van der Waals surface area (Å²) in [4.78, 5) is -0.0528. The molecule has 2 rings (SSSR count). The third-order valence-corrected chi connectivity index (χ3v) is 4.47. The van der Waals surface area contributed by atoms with E-state index in [2.05, 4.69) is 4.72 Å². The van der Waals surface area contributed by atoms with Crippen LogP contribution in [0.4, 0.5) is 4.39 Å². The van der Waals surface area contributed by atoms with E-state index < -0.39 is 15.8 Å². The van der Waals surface area contributed by atoms with Crippen LogP contribution in [0.2, 0.25) is 0 Å². The van der Waals surface area contributed by atoms with E-state index in [1.54, 1.807) is 6.92 Å². The molecule has 1 aromatic carbocycles. The first-order chi connectivity index (χ1) is 8.38. The van der Waals surface area contributed by atoms with Crippen LogP contribution in [0.5, 0.6) is 0 Å². The smallest absolute Gasteiger partial charge is 0.240 e. The number of hydrogen-bond acceptors (Lipinski definition) is 3. The predicted octanol–water partition coefficient (Wildman–Crippen LogP) is 1.57. The minimum atomic E-state index is -3.68. The van der Waals surface area contributed by atoms with Crippen molar-refractivity contribution in [1.82, 2.24) is 4.72 Å². The van der Waals surface area contributed by atoms with Gasteiger partial charge in [0.1, 0.15) is 5.82 Å². The molecule has 0 radical (unpaired) electrons. The van der Waals surface area contributed by atoms with Crippen LogP contribution in [0.1, 0.15) is 18.4 Å². The first-order valence-electron chi connectivity index (χ1n) is 5.91. The van der Waals surface area contributed by atoms with E-state index >= 15 is 0 Å². The molecule has 0 saturated heterocycles. The van der Waals surface area contributed by atoms with Crippen molar-refractivity contribution in [2.45, 2.75) is 30.7 Å². The molecule has 1 aliphatic rings. The molecule has 108 valence electrons. The Bertz CT molecular complexity index is 526. The van der Waals surface area contributed by atoms with Crippen molar-refractivity contribution < 1.29 is 12.8 Å². The molecule has 19 heavy (non-hydrogen) atoms. The molecule has 1 saturated carbocycles. The summed E-state index contributed by atoms with van der Waals surface area (Å²) in [6, 6.07) is 3.58. The summed E-state index contributed by atoms with van der Waals surface area (Å²) < 4.78 is 39.5. The van der Waals surface area contributed by atoms with Gasteiger partial charge in [-0.1, -0.05) is 0 Å². The summed E-state index contributed by atoms with van der Waals surface area (Å²) in [5.74, 6) is -0.135. The molecule has 0 aliphatic heterocycles. The molecule has 0 bridgehead atoms. The van der Waals surface area contributed by atoms with Gasteiger partial charge in [0.25, 0.3) is 0 Å². The zero-order valence-corrected chi connectivity index (χ0v) is 12.2. The summed E-state index contributed by atoms with van der Waals surface area (Å²) >= 11 is 0. The number of halogens is 2. The summed E-state index contributed by atoms with van der Waals surface area (Å²) in [7, 11) is -3.68. The van der Waals surface area contributed by atoms with E-state index in [1.165, 1.54) is 12.1 Å². The fraction of sp³-hybridized carbons (Fsp3) is 0.500. The zero-order chi connectivity index (χ0) is 13.3. The van der Waals surface area contributed by atoms with Gasteiger partial charge in [0.15, 0.2) is 0 Å². The van der Waals surface area contributed by atoms with Crippen LogP contribution < -0.4 is 10.5 Å². The SMILES string of the molecule is Cc1cc(F)cc(S(=O)(=O)NCC(N)C2CC2)c1.Cl. The Labute approximate surface area is 119 Å². The average molecular weight is 309 g/mol. The monoisotopic (exact) mass is 308 g/mol. The number of rotatable bonds is 5. The van der Waals surface area contributed by atoms with E-state index in [4.69, 9.17) is 5.73 Å². The lowest BCUT2D eigenvalue weighted by molar-refractivity contribution is 0.546. The third-order valence-electron chi connectivity index (χ3n) is 3.06. The van der Waals surface area contributed by atoms with Gasteiger partial charge in [0.2, 0.25) is 10.0 Å². The molecule has 1 unspecified atom stereocenters. The molecule has 0 heterocycles. The van der Waals surface area contributed by atoms with E-state index in [9.17, 15) is 12.8 Å². The number of nitrogens with one attached hydrogen (secondary N) is 1. The molecule has 0 spiro atoms. The van der Waals surface area contributed by atoms with Crippen LogP contribution in [-0.2, 0) is 10.0 Å². The van der Waals surface area contributed by atoms with Gasteiger partial charge in [-0.15, -0.1) is 12.4 Å². The van der Waals surface area contributed by atoms with Crippen LogP contribution in [0, 0.1) is 18.7 Å². The first kappa shape index (κ1) is 16.4. The summed E-state index contributed by atoms with van der Waals surface area (Å²) in [5.41, 5.74) is 6.39. The summed E-state index contributed by atoms with van der Waals surface area (Å²) in [6.07, 6.45) is 2.12. The number of benzene rings is 1. The van der Waals surface area contributed by atoms with Crippen molar-refractivity contribution in [2.75, 3.05) is 6.54 Å². The molecule has 0 amide bonds. The lowest BCUT2D eigenvalue weighted by atomic mass is 10.2. The first-order valence-corrected chi connectivity index (χ1v) is 7.39. The molecule has 1 atom stereocenters. The van der Waals surface area contributed by atoms with Crippen LogP contribution in [0.25, 0.3) is 0 Å². The van der Waals surface area contributed by atoms with E-state index in [0.717, 1.165) is 18.9 Å². The van der Waals surface area contributed by atoms with Gasteiger partial charge in [-0.25, -0.2) is 17.5 Å². The minimum Gasteiger partial charge on any atom is -0.326 e. The van der Waals surface area contributed by atoms with Gasteiger partial charge < -0.3 is 5.73 Å². The van der Waals surface area contributed by atoms with Crippen LogP contribution in [-0.4, -0.2) is 21.0 Å². The van der Waals surface area contributed by atoms with Gasteiger partial charge in [-0.2, -0.15) is 0 Å². The number of aryl methyl sites for hydroxylation is 1. The van der Waals surface area contributed by atoms with E-state index in [0.29, 0.717) is 11.5 Å². The number of nitrogens with two attached hydrogens (primary N) is 1. The Morgan fingerprint density at radius 3 is 2.58 bits per heavy atom. The Morgan fingerprint density at radius 1 is 1.42 bits per heavy atom. The highest BCUT2D eigenvalue weighted by Gasteiger charge is 2.29. The third kappa shape index (κ3) is 4.42. The Kier molecular flexibility index (Phi) is 5.32. The quantitative estimate of drug-likeness (QED) is 0.867. The highest BCUT2D eigenvalue weighted by molar-refractivity contribution is 7.89. The average Bonchev–Trinajstić information content (AvgIpc) is 3.08. The minimum absolute atomic E-state index is 0. The Hall–Kier alpha value is -0.690.